The number of methoxy groups -OCH3 is 1. The van der Waals surface area contributed by atoms with Crippen LogP contribution in [-0.2, 0) is 9.57 Å². The molecule has 2 aromatic rings. The Bertz CT molecular complexity index is 602. The maximum atomic E-state index is 11.5. The van der Waals surface area contributed by atoms with Crippen LogP contribution >= 0.6 is 0 Å². The third-order valence-corrected chi connectivity index (χ3v) is 2.62. The van der Waals surface area contributed by atoms with Crippen LogP contribution in [0.4, 0.5) is 0 Å². The van der Waals surface area contributed by atoms with Crippen molar-refractivity contribution in [1.82, 2.24) is 4.57 Å². The molecule has 0 fully saturated rings. The Morgan fingerprint density at radius 1 is 1.26 bits per heavy atom. The van der Waals surface area contributed by atoms with Crippen LogP contribution < -0.4 is 0 Å². The molecule has 0 radical (unpaired) electrons. The molecular weight excluding hydrogens is 244 g/mol. The van der Waals surface area contributed by atoms with Gasteiger partial charge in [-0.15, -0.1) is 0 Å². The number of hydrogen-bond acceptors (Lipinski definition) is 4. The minimum absolute atomic E-state index is 0.360. The zero-order valence-corrected chi connectivity index (χ0v) is 10.7. The number of carbonyl (C=O) groups excluding carboxylic acids is 1. The predicted molar refractivity (Wildman–Crippen MR) is 71.7 cm³/mol. The number of carbonyl (C=O) groups is 1. The Kier molecular flexibility index (Phi) is 3.97. The van der Waals surface area contributed by atoms with E-state index >= 15 is 0 Å². The van der Waals surface area contributed by atoms with Gasteiger partial charge >= 0.3 is 5.97 Å². The monoisotopic (exact) mass is 258 g/mol. The first-order valence-electron chi connectivity index (χ1n) is 5.69. The van der Waals surface area contributed by atoms with Crippen molar-refractivity contribution in [3.05, 3.63) is 53.9 Å². The van der Waals surface area contributed by atoms with Crippen LogP contribution in [-0.4, -0.2) is 31.0 Å². The van der Waals surface area contributed by atoms with E-state index in [1.54, 1.807) is 24.4 Å². The van der Waals surface area contributed by atoms with E-state index in [9.17, 15) is 4.79 Å². The minimum atomic E-state index is -0.360. The number of esters is 1. The molecule has 5 nitrogen and oxygen atoms in total. The maximum absolute atomic E-state index is 11.5. The Labute approximate surface area is 111 Å². The standard InChI is InChI=1S/C14H14N2O3/c1-18-14(17)11-5-3-6-12(9-11)16-8-4-7-13(16)10-15-19-2/h3-10H,1-2H3/b15-10-. The molecule has 5 heteroatoms. The highest BCUT2D eigenvalue weighted by molar-refractivity contribution is 5.90. The van der Waals surface area contributed by atoms with Gasteiger partial charge in [0, 0.05) is 11.9 Å². The van der Waals surface area contributed by atoms with Gasteiger partial charge in [-0.05, 0) is 30.3 Å². The summed E-state index contributed by atoms with van der Waals surface area (Å²) in [7, 11) is 2.85. The van der Waals surface area contributed by atoms with Gasteiger partial charge in [0.25, 0.3) is 0 Å². The van der Waals surface area contributed by atoms with Crippen LogP contribution in [0.5, 0.6) is 0 Å². The Balaban J connectivity index is 2.39. The number of rotatable bonds is 4. The molecule has 0 spiro atoms. The molecule has 1 aromatic carbocycles. The molecule has 0 N–H and O–H groups in total. The second-order valence-corrected chi connectivity index (χ2v) is 3.76. The highest BCUT2D eigenvalue weighted by Crippen LogP contribution is 2.14. The molecule has 0 aliphatic carbocycles. The highest BCUT2D eigenvalue weighted by Gasteiger charge is 2.07. The quantitative estimate of drug-likeness (QED) is 0.480. The van der Waals surface area contributed by atoms with Gasteiger partial charge < -0.3 is 14.1 Å². The Morgan fingerprint density at radius 2 is 2.11 bits per heavy atom. The number of oxime groups is 1. The number of aromatic nitrogens is 1. The number of hydrogen-bond donors (Lipinski definition) is 0. The second kappa shape index (κ2) is 5.86. The van der Waals surface area contributed by atoms with Crippen molar-refractivity contribution in [2.24, 2.45) is 5.16 Å². The van der Waals surface area contributed by atoms with Crippen molar-refractivity contribution in [3.63, 3.8) is 0 Å². The van der Waals surface area contributed by atoms with Gasteiger partial charge in [0.15, 0.2) is 0 Å². The lowest BCUT2D eigenvalue weighted by atomic mass is 10.2. The molecule has 0 atom stereocenters. The molecule has 19 heavy (non-hydrogen) atoms. The summed E-state index contributed by atoms with van der Waals surface area (Å²) in [5.41, 5.74) is 2.21. The zero-order chi connectivity index (χ0) is 13.7. The van der Waals surface area contributed by atoms with E-state index in [-0.39, 0.29) is 5.97 Å². The molecule has 0 saturated heterocycles. The predicted octanol–water partition coefficient (Wildman–Crippen LogP) is 2.24. The molecular formula is C14H14N2O3. The molecule has 0 amide bonds. The smallest absolute Gasteiger partial charge is 0.337 e. The molecule has 0 unspecified atom stereocenters. The van der Waals surface area contributed by atoms with Crippen molar-refractivity contribution < 1.29 is 14.4 Å². The maximum Gasteiger partial charge on any atom is 0.337 e. The summed E-state index contributed by atoms with van der Waals surface area (Å²) in [6.07, 6.45) is 3.48. The third-order valence-electron chi connectivity index (χ3n) is 2.62. The van der Waals surface area contributed by atoms with E-state index in [0.29, 0.717) is 5.56 Å². The molecule has 0 saturated carbocycles. The number of benzene rings is 1. The summed E-state index contributed by atoms with van der Waals surface area (Å²) in [5, 5.41) is 3.74. The average Bonchev–Trinajstić information content (AvgIpc) is 2.92. The fourth-order valence-electron chi connectivity index (χ4n) is 1.74. The van der Waals surface area contributed by atoms with Gasteiger partial charge in [-0.2, -0.15) is 0 Å². The van der Waals surface area contributed by atoms with E-state index < -0.39 is 0 Å². The SMILES string of the molecule is CO/N=C\c1cccn1-c1cccc(C(=O)OC)c1. The van der Waals surface area contributed by atoms with Gasteiger partial charge in [0.2, 0.25) is 0 Å². The van der Waals surface area contributed by atoms with E-state index in [1.807, 2.05) is 29.0 Å². The summed E-state index contributed by atoms with van der Waals surface area (Å²) in [4.78, 5) is 16.2. The van der Waals surface area contributed by atoms with E-state index in [4.69, 9.17) is 4.74 Å². The van der Waals surface area contributed by atoms with Gasteiger partial charge in [0.1, 0.15) is 7.11 Å². The fraction of sp³-hybridized carbons (Fsp3) is 0.143. The molecule has 2 rings (SSSR count). The minimum Gasteiger partial charge on any atom is -0.465 e. The van der Waals surface area contributed by atoms with Crippen molar-refractivity contribution in [1.29, 1.82) is 0 Å². The zero-order valence-electron chi connectivity index (χ0n) is 10.7. The number of ether oxygens (including phenoxy) is 1. The third kappa shape index (κ3) is 2.82. The summed E-state index contributed by atoms with van der Waals surface area (Å²) in [6.45, 7) is 0. The molecule has 0 aliphatic rings. The summed E-state index contributed by atoms with van der Waals surface area (Å²) in [5.74, 6) is -0.360. The van der Waals surface area contributed by atoms with Gasteiger partial charge in [-0.3, -0.25) is 0 Å². The molecule has 0 aliphatic heterocycles. The normalized spacial score (nSPS) is 10.6. The summed E-state index contributed by atoms with van der Waals surface area (Å²) < 4.78 is 6.61. The van der Waals surface area contributed by atoms with Crippen LogP contribution in [0.1, 0.15) is 16.1 Å². The first-order chi connectivity index (χ1) is 9.26. The van der Waals surface area contributed by atoms with Crippen molar-refractivity contribution in [3.8, 4) is 5.69 Å². The van der Waals surface area contributed by atoms with Gasteiger partial charge in [-0.1, -0.05) is 11.2 Å². The van der Waals surface area contributed by atoms with Crippen LogP contribution in [0.3, 0.4) is 0 Å². The highest BCUT2D eigenvalue weighted by atomic mass is 16.6. The van der Waals surface area contributed by atoms with E-state index in [1.165, 1.54) is 14.2 Å². The largest absolute Gasteiger partial charge is 0.465 e. The lowest BCUT2D eigenvalue weighted by molar-refractivity contribution is 0.0600. The molecule has 1 heterocycles. The molecule has 0 bridgehead atoms. The van der Waals surface area contributed by atoms with Gasteiger partial charge in [0.05, 0.1) is 24.6 Å². The van der Waals surface area contributed by atoms with Crippen LogP contribution in [0.2, 0.25) is 0 Å². The lowest BCUT2D eigenvalue weighted by Gasteiger charge is -2.07. The topological polar surface area (TPSA) is 52.8 Å². The average molecular weight is 258 g/mol. The first kappa shape index (κ1) is 12.9. The Morgan fingerprint density at radius 3 is 2.84 bits per heavy atom. The van der Waals surface area contributed by atoms with Crippen LogP contribution in [0, 0.1) is 0 Å². The van der Waals surface area contributed by atoms with Crippen molar-refractivity contribution in [2.45, 2.75) is 0 Å². The molecule has 98 valence electrons. The van der Waals surface area contributed by atoms with Crippen LogP contribution in [0.25, 0.3) is 5.69 Å². The van der Waals surface area contributed by atoms with E-state index in [0.717, 1.165) is 11.4 Å². The van der Waals surface area contributed by atoms with Crippen LogP contribution in [0.15, 0.2) is 47.8 Å². The second-order valence-electron chi connectivity index (χ2n) is 3.76. The van der Waals surface area contributed by atoms with Gasteiger partial charge in [-0.25, -0.2) is 4.79 Å². The molecule has 1 aromatic heterocycles. The number of nitrogens with zero attached hydrogens (tertiary/aromatic N) is 2. The Hall–Kier alpha value is -2.56. The fourth-order valence-corrected chi connectivity index (χ4v) is 1.74. The summed E-state index contributed by atoms with van der Waals surface area (Å²) >= 11 is 0. The lowest BCUT2D eigenvalue weighted by Crippen LogP contribution is -2.04. The summed E-state index contributed by atoms with van der Waals surface area (Å²) in [6, 6.07) is 11.0. The first-order valence-corrected chi connectivity index (χ1v) is 5.69. The van der Waals surface area contributed by atoms with Crippen molar-refractivity contribution in [2.75, 3.05) is 14.2 Å². The van der Waals surface area contributed by atoms with Crippen molar-refractivity contribution >= 4 is 12.2 Å². The van der Waals surface area contributed by atoms with E-state index in [2.05, 4.69) is 9.99 Å².